The van der Waals surface area contributed by atoms with Crippen molar-refractivity contribution in [3.8, 4) is 0 Å². The third-order valence-electron chi connectivity index (χ3n) is 6.51. The molecule has 0 saturated carbocycles. The normalized spacial score (nSPS) is 16.6. The van der Waals surface area contributed by atoms with Gasteiger partial charge in [0.2, 0.25) is 5.91 Å². The molecule has 5 rings (SSSR count). The van der Waals surface area contributed by atoms with Gasteiger partial charge in [0.05, 0.1) is 5.75 Å². The average Bonchev–Trinajstić information content (AvgIpc) is 3.23. The number of benzene rings is 2. The number of nitrogens with zero attached hydrogens (tertiary/aromatic N) is 4. The Kier molecular flexibility index (Phi) is 6.14. The first-order valence-corrected chi connectivity index (χ1v) is 12.5. The molecule has 0 fully saturated rings. The van der Waals surface area contributed by atoms with Crippen LogP contribution in [-0.2, 0) is 31.9 Å². The predicted molar refractivity (Wildman–Crippen MR) is 136 cm³/mol. The van der Waals surface area contributed by atoms with E-state index in [-0.39, 0.29) is 17.5 Å². The van der Waals surface area contributed by atoms with Gasteiger partial charge >= 0.3 is 5.69 Å². The van der Waals surface area contributed by atoms with Crippen LogP contribution in [0.1, 0.15) is 17.5 Å². The minimum atomic E-state index is -0.459. The summed E-state index contributed by atoms with van der Waals surface area (Å²) in [6.07, 6.45) is 1.87. The molecule has 8 nitrogen and oxygen atoms in total. The number of hydrogen-bond acceptors (Lipinski definition) is 6. The maximum absolute atomic E-state index is 13.5. The Morgan fingerprint density at radius 1 is 1.09 bits per heavy atom. The maximum Gasteiger partial charge on any atom is 0.332 e. The second-order valence-corrected chi connectivity index (χ2v) is 9.81. The van der Waals surface area contributed by atoms with E-state index in [0.717, 1.165) is 28.7 Å². The topological polar surface area (TPSA) is 79.6 Å². The Hall–Kier alpha value is -3.53. The summed E-state index contributed by atoms with van der Waals surface area (Å²) in [4.78, 5) is 42.5. The zero-order valence-electron chi connectivity index (χ0n) is 19.5. The summed E-state index contributed by atoms with van der Waals surface area (Å²) in [5, 5.41) is 3.26. The van der Waals surface area contributed by atoms with Gasteiger partial charge in [-0.05, 0) is 42.2 Å². The number of anilines is 3. The minimum Gasteiger partial charge on any atom is -0.341 e. The lowest BCUT2D eigenvalue weighted by molar-refractivity contribution is -0.116. The van der Waals surface area contributed by atoms with E-state index in [1.54, 1.807) is 19.2 Å². The van der Waals surface area contributed by atoms with E-state index in [9.17, 15) is 18.8 Å². The molecule has 10 heteroatoms. The first kappa shape index (κ1) is 23.2. The van der Waals surface area contributed by atoms with E-state index in [0.29, 0.717) is 24.6 Å². The molecule has 0 bridgehead atoms. The van der Waals surface area contributed by atoms with Crippen molar-refractivity contribution >= 4 is 34.9 Å². The summed E-state index contributed by atoms with van der Waals surface area (Å²) in [6, 6.07) is 14.0. The highest BCUT2D eigenvalue weighted by Gasteiger charge is 2.36. The Balaban J connectivity index is 1.42. The standard InChI is InChI=1S/C25H26FN5O3S/c1-28-22-21(23(33)29(2)25(28)34)31(14-16-9-11-18(26)12-10-16)24(27-22)35-15-20(32)30-13-5-7-17-6-3-4-8-19(17)30/h3-4,6,8-12,24,27H,5,7,13-15H2,1-2H3/t24-/m1/s1. The van der Waals surface area contributed by atoms with Crippen molar-refractivity contribution in [2.75, 3.05) is 27.4 Å². The van der Waals surface area contributed by atoms with Crippen LogP contribution in [0.2, 0.25) is 0 Å². The summed E-state index contributed by atoms with van der Waals surface area (Å²) in [7, 11) is 3.05. The Labute approximate surface area is 206 Å². The highest BCUT2D eigenvalue weighted by atomic mass is 32.2. The van der Waals surface area contributed by atoms with Gasteiger partial charge in [-0.25, -0.2) is 9.18 Å². The number of aromatic nitrogens is 2. The number of carbonyl (C=O) groups excluding carboxylic acids is 1. The minimum absolute atomic E-state index is 0.0107. The van der Waals surface area contributed by atoms with Crippen LogP contribution in [0.15, 0.2) is 58.1 Å². The monoisotopic (exact) mass is 495 g/mol. The van der Waals surface area contributed by atoms with Crippen molar-refractivity contribution in [1.29, 1.82) is 0 Å². The summed E-state index contributed by atoms with van der Waals surface area (Å²) < 4.78 is 15.9. The number of amides is 1. The highest BCUT2D eigenvalue weighted by molar-refractivity contribution is 8.00. The number of aryl methyl sites for hydroxylation is 1. The van der Waals surface area contributed by atoms with Gasteiger partial charge in [-0.1, -0.05) is 30.3 Å². The summed E-state index contributed by atoms with van der Waals surface area (Å²) in [6.45, 7) is 0.981. The number of rotatable bonds is 5. The Morgan fingerprint density at radius 3 is 2.60 bits per heavy atom. The molecule has 3 heterocycles. The van der Waals surface area contributed by atoms with Crippen LogP contribution in [0.5, 0.6) is 0 Å². The first-order chi connectivity index (χ1) is 16.8. The van der Waals surface area contributed by atoms with Gasteiger partial charge in [0.1, 0.15) is 22.8 Å². The number of nitrogens with one attached hydrogen (secondary N) is 1. The molecule has 1 N–H and O–H groups in total. The number of para-hydroxylation sites is 1. The molecular weight excluding hydrogens is 469 g/mol. The molecule has 35 heavy (non-hydrogen) atoms. The van der Waals surface area contributed by atoms with Gasteiger partial charge in [-0.15, -0.1) is 11.8 Å². The zero-order chi connectivity index (χ0) is 24.7. The highest BCUT2D eigenvalue weighted by Crippen LogP contribution is 2.36. The fraction of sp³-hybridized carbons (Fsp3) is 0.320. The van der Waals surface area contributed by atoms with Crippen LogP contribution in [0.25, 0.3) is 0 Å². The van der Waals surface area contributed by atoms with Gasteiger partial charge in [0, 0.05) is 32.9 Å². The second kappa shape index (κ2) is 9.26. The fourth-order valence-corrected chi connectivity index (χ4v) is 5.67. The third kappa shape index (κ3) is 4.22. The number of carbonyl (C=O) groups is 1. The molecule has 1 amide bonds. The molecule has 0 unspecified atom stereocenters. The van der Waals surface area contributed by atoms with E-state index < -0.39 is 16.7 Å². The summed E-state index contributed by atoms with van der Waals surface area (Å²) in [5.74, 6) is 0.246. The van der Waals surface area contributed by atoms with Crippen LogP contribution in [0, 0.1) is 5.82 Å². The molecule has 1 atom stereocenters. The van der Waals surface area contributed by atoms with E-state index in [4.69, 9.17) is 0 Å². The Morgan fingerprint density at radius 2 is 1.83 bits per heavy atom. The molecule has 2 aliphatic rings. The van der Waals surface area contributed by atoms with Crippen molar-refractivity contribution in [2.24, 2.45) is 14.1 Å². The van der Waals surface area contributed by atoms with Gasteiger partial charge < -0.3 is 15.1 Å². The quantitative estimate of drug-likeness (QED) is 0.586. The van der Waals surface area contributed by atoms with Gasteiger partial charge in [-0.3, -0.25) is 18.7 Å². The van der Waals surface area contributed by atoms with Gasteiger partial charge in [-0.2, -0.15) is 0 Å². The number of halogens is 1. The predicted octanol–water partition coefficient (Wildman–Crippen LogP) is 2.65. The molecule has 0 aliphatic carbocycles. The molecule has 3 aromatic rings. The molecule has 2 aromatic carbocycles. The molecule has 1 aromatic heterocycles. The van der Waals surface area contributed by atoms with E-state index in [1.807, 2.05) is 28.0 Å². The summed E-state index contributed by atoms with van der Waals surface area (Å²) >= 11 is 1.36. The van der Waals surface area contributed by atoms with Crippen LogP contribution >= 0.6 is 11.8 Å². The molecule has 0 spiro atoms. The van der Waals surface area contributed by atoms with Crippen molar-refractivity contribution in [2.45, 2.75) is 24.9 Å². The average molecular weight is 496 g/mol. The first-order valence-electron chi connectivity index (χ1n) is 11.4. The summed E-state index contributed by atoms with van der Waals surface area (Å²) in [5.41, 5.74) is 1.96. The zero-order valence-corrected chi connectivity index (χ0v) is 20.3. The van der Waals surface area contributed by atoms with E-state index in [2.05, 4.69) is 11.4 Å². The smallest absolute Gasteiger partial charge is 0.332 e. The van der Waals surface area contributed by atoms with Crippen LogP contribution in [-0.4, -0.2) is 32.8 Å². The van der Waals surface area contributed by atoms with Gasteiger partial charge in [0.25, 0.3) is 5.56 Å². The number of thioether (sulfide) groups is 1. The van der Waals surface area contributed by atoms with E-state index in [1.165, 1.54) is 41.1 Å². The second-order valence-electron chi connectivity index (χ2n) is 8.74. The van der Waals surface area contributed by atoms with Crippen LogP contribution in [0.4, 0.5) is 21.6 Å². The lowest BCUT2D eigenvalue weighted by atomic mass is 10.0. The Bertz CT molecular complexity index is 1400. The van der Waals surface area contributed by atoms with Crippen LogP contribution in [0.3, 0.4) is 0 Å². The molecule has 0 radical (unpaired) electrons. The van der Waals surface area contributed by atoms with Gasteiger partial charge in [0.15, 0.2) is 0 Å². The number of fused-ring (bicyclic) bond motifs is 2. The lowest BCUT2D eigenvalue weighted by Gasteiger charge is -2.30. The van der Waals surface area contributed by atoms with Crippen molar-refractivity contribution in [3.63, 3.8) is 0 Å². The number of hydrogen-bond donors (Lipinski definition) is 1. The van der Waals surface area contributed by atoms with Crippen molar-refractivity contribution in [3.05, 3.63) is 86.3 Å². The molecule has 2 aliphatic heterocycles. The molecular formula is C25H26FN5O3S. The molecule has 0 saturated heterocycles. The lowest BCUT2D eigenvalue weighted by Crippen LogP contribution is -2.41. The van der Waals surface area contributed by atoms with E-state index >= 15 is 0 Å². The van der Waals surface area contributed by atoms with Crippen molar-refractivity contribution in [1.82, 2.24) is 9.13 Å². The SMILES string of the molecule is Cn1c2c(c(=O)n(C)c1=O)N(Cc1ccc(F)cc1)[C@H](SCC(=O)N1CCCc3ccccc31)N2. The fourth-order valence-electron chi connectivity index (χ4n) is 4.66. The van der Waals surface area contributed by atoms with Crippen molar-refractivity contribution < 1.29 is 9.18 Å². The molecule has 182 valence electrons. The third-order valence-corrected chi connectivity index (χ3v) is 7.62. The maximum atomic E-state index is 13.5. The van der Waals surface area contributed by atoms with Crippen LogP contribution < -0.4 is 26.4 Å². The largest absolute Gasteiger partial charge is 0.341 e.